The lowest BCUT2D eigenvalue weighted by Gasteiger charge is -2.29. The molecule has 0 radical (unpaired) electrons. The van der Waals surface area contributed by atoms with E-state index >= 15 is 0 Å². The number of anilines is 2. The van der Waals surface area contributed by atoms with E-state index in [1.165, 1.54) is 17.8 Å². The van der Waals surface area contributed by atoms with Gasteiger partial charge in [0.05, 0.1) is 12.2 Å². The van der Waals surface area contributed by atoms with Crippen LogP contribution in [-0.4, -0.2) is 27.3 Å². The first-order chi connectivity index (χ1) is 19.8. The maximum Gasteiger partial charge on any atom is 0.255 e. The van der Waals surface area contributed by atoms with E-state index in [0.717, 1.165) is 41.0 Å². The highest BCUT2D eigenvalue weighted by molar-refractivity contribution is 7.98. The van der Waals surface area contributed by atoms with Gasteiger partial charge in [-0.3, -0.25) is 4.79 Å². The van der Waals surface area contributed by atoms with Gasteiger partial charge in [0.15, 0.2) is 0 Å². The van der Waals surface area contributed by atoms with Crippen LogP contribution < -0.4 is 15.4 Å². The number of halogens is 1. The number of amides is 1. The van der Waals surface area contributed by atoms with Crippen molar-refractivity contribution in [3.63, 3.8) is 0 Å². The predicted molar refractivity (Wildman–Crippen MR) is 162 cm³/mol. The zero-order chi connectivity index (χ0) is 28.9. The molecular weight excluding hydrogens is 537 g/mol. The van der Waals surface area contributed by atoms with Gasteiger partial charge < -0.3 is 15.4 Å². The monoisotopic (exact) mass is 571 g/mol. The van der Waals surface area contributed by atoms with Crippen molar-refractivity contribution in [1.29, 1.82) is 0 Å². The number of thioether (sulfide) groups is 1. The predicted octanol–water partition coefficient (Wildman–Crippen LogP) is 7.43. The Labute approximate surface area is 244 Å². The van der Waals surface area contributed by atoms with Crippen LogP contribution in [0.4, 0.5) is 16.0 Å². The van der Waals surface area contributed by atoms with E-state index in [1.54, 1.807) is 16.8 Å². The number of rotatable bonds is 10. The summed E-state index contributed by atoms with van der Waals surface area (Å²) in [5.74, 6) is 1.14. The molecule has 1 aromatic heterocycles. The van der Waals surface area contributed by atoms with Crippen LogP contribution in [0.25, 0.3) is 0 Å². The second-order valence-corrected chi connectivity index (χ2v) is 11.1. The second-order valence-electron chi connectivity index (χ2n) is 10.2. The Morgan fingerprint density at radius 3 is 2.71 bits per heavy atom. The number of allylic oxidation sites excluding steroid dienone is 1. The first-order valence-electron chi connectivity index (χ1n) is 13.8. The molecule has 5 rings (SSSR count). The first-order valence-corrected chi connectivity index (χ1v) is 14.7. The molecule has 0 fully saturated rings. The highest BCUT2D eigenvalue weighted by Gasteiger charge is 2.35. The fraction of sp³-hybridized carbons (Fsp3) is 0.281. The summed E-state index contributed by atoms with van der Waals surface area (Å²) in [6, 6.07) is 19.8. The molecule has 0 saturated carbocycles. The Morgan fingerprint density at radius 2 is 1.93 bits per heavy atom. The highest BCUT2D eigenvalue weighted by Crippen LogP contribution is 2.38. The molecule has 0 bridgehead atoms. The van der Waals surface area contributed by atoms with Gasteiger partial charge in [-0.1, -0.05) is 73.1 Å². The SMILES string of the molecule is CCCCOc1cccc(C2C(C(=O)Nc3ccc(C)cc3C)=C(C)Nc3nc(SCc4ccccc4F)nn32)c1. The van der Waals surface area contributed by atoms with Gasteiger partial charge in [0.25, 0.3) is 5.91 Å². The van der Waals surface area contributed by atoms with Gasteiger partial charge in [-0.2, -0.15) is 4.98 Å². The first kappa shape index (κ1) is 28.4. The standard InChI is InChI=1S/C32H34FN5O2S/c1-5-6-16-40-25-12-9-11-23(18-25)29-28(30(39)35-27-15-14-20(2)17-21(27)3)22(4)34-31-36-32(37-38(29)31)41-19-24-10-7-8-13-26(24)33/h7-15,17-18,29H,5-6,16,19H2,1-4H3,(H,35,39)(H,34,36,37). The van der Waals surface area contributed by atoms with E-state index in [9.17, 15) is 9.18 Å². The third kappa shape index (κ3) is 6.46. The van der Waals surface area contributed by atoms with E-state index in [-0.39, 0.29) is 11.7 Å². The number of carbonyl (C=O) groups excluding carboxylic acids is 1. The molecule has 212 valence electrons. The van der Waals surface area contributed by atoms with Crippen LogP contribution in [0.3, 0.4) is 0 Å². The van der Waals surface area contributed by atoms with Gasteiger partial charge in [-0.25, -0.2) is 9.07 Å². The molecule has 7 nitrogen and oxygen atoms in total. The number of hydrogen-bond acceptors (Lipinski definition) is 6. The topological polar surface area (TPSA) is 81.1 Å². The average Bonchev–Trinajstić information content (AvgIpc) is 3.36. The molecule has 3 aromatic carbocycles. The number of fused-ring (bicyclic) bond motifs is 1. The molecule has 0 spiro atoms. The molecular formula is C32H34FN5O2S. The third-order valence-electron chi connectivity index (χ3n) is 6.96. The zero-order valence-electron chi connectivity index (χ0n) is 23.7. The molecule has 1 aliphatic rings. The maximum atomic E-state index is 14.2. The van der Waals surface area contributed by atoms with E-state index in [2.05, 4.69) is 17.6 Å². The minimum atomic E-state index is -0.554. The third-order valence-corrected chi connectivity index (χ3v) is 7.85. The molecule has 1 amide bonds. The summed E-state index contributed by atoms with van der Waals surface area (Å²) in [4.78, 5) is 18.6. The highest BCUT2D eigenvalue weighted by atomic mass is 32.2. The smallest absolute Gasteiger partial charge is 0.255 e. The Morgan fingerprint density at radius 1 is 1.10 bits per heavy atom. The normalized spacial score (nSPS) is 14.4. The number of hydrogen-bond donors (Lipinski definition) is 2. The van der Waals surface area contributed by atoms with Gasteiger partial charge in [0.1, 0.15) is 17.6 Å². The maximum absolute atomic E-state index is 14.2. The number of benzene rings is 3. The molecule has 9 heteroatoms. The van der Waals surface area contributed by atoms with Crippen molar-refractivity contribution in [2.75, 3.05) is 17.2 Å². The Kier molecular flexibility index (Phi) is 8.73. The molecule has 1 aliphatic heterocycles. The molecule has 0 aliphatic carbocycles. The Hall–Kier alpha value is -4.11. The number of ether oxygens (including phenoxy) is 1. The van der Waals surface area contributed by atoms with Crippen LogP contribution in [0.5, 0.6) is 5.75 Å². The quantitative estimate of drug-likeness (QED) is 0.152. The minimum absolute atomic E-state index is 0.231. The lowest BCUT2D eigenvalue weighted by molar-refractivity contribution is -0.113. The summed E-state index contributed by atoms with van der Waals surface area (Å²) in [7, 11) is 0. The zero-order valence-corrected chi connectivity index (χ0v) is 24.5. The van der Waals surface area contributed by atoms with Crippen molar-refractivity contribution >= 4 is 29.3 Å². The molecule has 2 N–H and O–H groups in total. The number of carbonyl (C=O) groups is 1. The number of aromatic nitrogens is 3. The Balaban J connectivity index is 1.50. The lowest BCUT2D eigenvalue weighted by atomic mass is 9.94. The van der Waals surface area contributed by atoms with Gasteiger partial charge in [0.2, 0.25) is 11.1 Å². The average molecular weight is 572 g/mol. The van der Waals surface area contributed by atoms with Crippen LogP contribution >= 0.6 is 11.8 Å². The molecule has 41 heavy (non-hydrogen) atoms. The van der Waals surface area contributed by atoms with Gasteiger partial charge in [-0.15, -0.1) is 5.10 Å². The molecule has 1 unspecified atom stereocenters. The van der Waals surface area contributed by atoms with Crippen LogP contribution in [-0.2, 0) is 10.5 Å². The van der Waals surface area contributed by atoms with Crippen LogP contribution in [0.2, 0.25) is 0 Å². The number of nitrogens with zero attached hydrogens (tertiary/aromatic N) is 3. The summed E-state index contributed by atoms with van der Waals surface area (Å²) < 4.78 is 22.0. The Bertz CT molecular complexity index is 1600. The van der Waals surface area contributed by atoms with Crippen molar-refractivity contribution in [3.8, 4) is 5.75 Å². The number of nitrogens with one attached hydrogen (secondary N) is 2. The van der Waals surface area contributed by atoms with Crippen molar-refractivity contribution in [1.82, 2.24) is 14.8 Å². The molecule has 2 heterocycles. The summed E-state index contributed by atoms with van der Waals surface area (Å²) in [6.45, 7) is 8.61. The fourth-order valence-corrected chi connectivity index (χ4v) is 5.62. The molecule has 1 atom stereocenters. The largest absolute Gasteiger partial charge is 0.494 e. The van der Waals surface area contributed by atoms with E-state index in [4.69, 9.17) is 14.8 Å². The second kappa shape index (κ2) is 12.6. The van der Waals surface area contributed by atoms with Crippen LogP contribution in [0, 0.1) is 19.7 Å². The van der Waals surface area contributed by atoms with Gasteiger partial charge in [0, 0.05) is 17.1 Å². The molecule has 0 saturated heterocycles. The minimum Gasteiger partial charge on any atom is -0.494 e. The van der Waals surface area contributed by atoms with E-state index in [0.29, 0.717) is 40.3 Å². The van der Waals surface area contributed by atoms with Gasteiger partial charge >= 0.3 is 0 Å². The van der Waals surface area contributed by atoms with Crippen molar-refractivity contribution in [3.05, 3.63) is 106 Å². The summed E-state index contributed by atoms with van der Waals surface area (Å²) in [5, 5.41) is 11.7. The van der Waals surface area contributed by atoms with E-state index in [1.807, 2.05) is 69.3 Å². The van der Waals surface area contributed by atoms with Crippen molar-refractivity contribution in [2.45, 2.75) is 57.5 Å². The van der Waals surface area contributed by atoms with Gasteiger partial charge in [-0.05, 0) is 68.1 Å². The number of unbranched alkanes of at least 4 members (excludes halogenated alkanes) is 1. The van der Waals surface area contributed by atoms with Crippen molar-refractivity contribution in [2.24, 2.45) is 0 Å². The summed E-state index contributed by atoms with van der Waals surface area (Å²) in [6.07, 6.45) is 1.99. The van der Waals surface area contributed by atoms with E-state index < -0.39 is 6.04 Å². The summed E-state index contributed by atoms with van der Waals surface area (Å²) in [5.41, 5.74) is 5.50. The lowest BCUT2D eigenvalue weighted by Crippen LogP contribution is -2.31. The van der Waals surface area contributed by atoms with Crippen LogP contribution in [0.15, 0.2) is 83.2 Å². The van der Waals surface area contributed by atoms with Crippen molar-refractivity contribution < 1.29 is 13.9 Å². The number of aryl methyl sites for hydroxylation is 2. The van der Waals surface area contributed by atoms with Crippen LogP contribution in [0.1, 0.15) is 55.0 Å². The summed E-state index contributed by atoms with van der Waals surface area (Å²) >= 11 is 1.35. The molecule has 4 aromatic rings. The fourth-order valence-electron chi connectivity index (χ4n) is 4.80.